The van der Waals surface area contributed by atoms with Gasteiger partial charge in [0.1, 0.15) is 0 Å². The molecule has 1 heterocycles. The Labute approximate surface area is 87.8 Å². The van der Waals surface area contributed by atoms with Gasteiger partial charge in [0.05, 0.1) is 0 Å². The predicted molar refractivity (Wildman–Crippen MR) is 60.2 cm³/mol. The fourth-order valence-electron chi connectivity index (χ4n) is 3.45. The van der Waals surface area contributed by atoms with Gasteiger partial charge >= 0.3 is 0 Å². The molecule has 2 unspecified atom stereocenters. The van der Waals surface area contributed by atoms with Gasteiger partial charge in [0.2, 0.25) is 0 Å². The largest absolute Gasteiger partial charge is 0.329 e. The molecule has 0 bridgehead atoms. The van der Waals surface area contributed by atoms with Crippen molar-refractivity contribution >= 4 is 0 Å². The van der Waals surface area contributed by atoms with Crippen LogP contribution in [0.5, 0.6) is 0 Å². The van der Waals surface area contributed by atoms with Crippen molar-refractivity contribution in [2.75, 3.05) is 19.6 Å². The molecule has 1 saturated carbocycles. The Balaban J connectivity index is 2.12. The molecule has 2 heteroatoms. The molecule has 0 radical (unpaired) electrons. The Kier molecular flexibility index (Phi) is 3.13. The van der Waals surface area contributed by atoms with Crippen LogP contribution in [0.4, 0.5) is 0 Å². The Hall–Kier alpha value is -0.0800. The van der Waals surface area contributed by atoms with Gasteiger partial charge in [-0.05, 0) is 38.3 Å². The van der Waals surface area contributed by atoms with Gasteiger partial charge in [0, 0.05) is 12.1 Å². The van der Waals surface area contributed by atoms with Crippen molar-refractivity contribution in [1.82, 2.24) is 4.90 Å². The van der Waals surface area contributed by atoms with E-state index in [1.807, 2.05) is 0 Å². The van der Waals surface area contributed by atoms with Crippen molar-refractivity contribution in [2.45, 2.75) is 51.0 Å². The van der Waals surface area contributed by atoms with Crippen molar-refractivity contribution < 1.29 is 0 Å². The molecule has 1 aliphatic heterocycles. The van der Waals surface area contributed by atoms with Gasteiger partial charge in [-0.15, -0.1) is 0 Å². The van der Waals surface area contributed by atoms with Gasteiger partial charge in [-0.25, -0.2) is 0 Å². The zero-order valence-electron chi connectivity index (χ0n) is 9.47. The summed E-state index contributed by atoms with van der Waals surface area (Å²) in [6.45, 7) is 5.81. The van der Waals surface area contributed by atoms with Crippen molar-refractivity contribution in [3.63, 3.8) is 0 Å². The van der Waals surface area contributed by atoms with Crippen LogP contribution >= 0.6 is 0 Å². The summed E-state index contributed by atoms with van der Waals surface area (Å²) in [5.74, 6) is 0.863. The Morgan fingerprint density at radius 1 is 1.29 bits per heavy atom. The molecule has 2 fully saturated rings. The Morgan fingerprint density at radius 2 is 2.07 bits per heavy atom. The van der Waals surface area contributed by atoms with Gasteiger partial charge in [0.15, 0.2) is 0 Å². The zero-order chi connectivity index (χ0) is 10.0. The third-order valence-electron chi connectivity index (χ3n) is 4.50. The van der Waals surface area contributed by atoms with E-state index in [-0.39, 0.29) is 0 Å². The molecule has 0 aromatic heterocycles. The first kappa shape index (κ1) is 10.4. The molecular formula is C12H24N2. The molecule has 0 aromatic rings. The Morgan fingerprint density at radius 3 is 2.57 bits per heavy atom. The van der Waals surface area contributed by atoms with Gasteiger partial charge in [-0.3, -0.25) is 4.90 Å². The summed E-state index contributed by atoms with van der Waals surface area (Å²) in [5.41, 5.74) is 6.47. The molecule has 0 spiro atoms. The lowest BCUT2D eigenvalue weighted by atomic mass is 9.69. The highest BCUT2D eigenvalue weighted by Crippen LogP contribution is 2.41. The molecule has 2 nitrogen and oxygen atoms in total. The fourth-order valence-corrected chi connectivity index (χ4v) is 3.45. The van der Waals surface area contributed by atoms with Crippen LogP contribution in [0.25, 0.3) is 0 Å². The van der Waals surface area contributed by atoms with Crippen molar-refractivity contribution in [1.29, 1.82) is 0 Å². The van der Waals surface area contributed by atoms with Crippen LogP contribution < -0.4 is 5.73 Å². The van der Waals surface area contributed by atoms with E-state index >= 15 is 0 Å². The smallest absolute Gasteiger partial charge is 0.0359 e. The van der Waals surface area contributed by atoms with Gasteiger partial charge in [-0.2, -0.15) is 0 Å². The molecular weight excluding hydrogens is 172 g/mol. The van der Waals surface area contributed by atoms with Crippen molar-refractivity contribution in [3.8, 4) is 0 Å². The predicted octanol–water partition coefficient (Wildman–Crippen LogP) is 1.99. The number of hydrogen-bond acceptors (Lipinski definition) is 2. The van der Waals surface area contributed by atoms with E-state index < -0.39 is 0 Å². The molecule has 0 amide bonds. The molecule has 2 atom stereocenters. The first-order chi connectivity index (χ1) is 6.83. The lowest BCUT2D eigenvalue weighted by molar-refractivity contribution is -0.0353. The molecule has 1 aliphatic carbocycles. The summed E-state index contributed by atoms with van der Waals surface area (Å²) >= 11 is 0. The third-order valence-corrected chi connectivity index (χ3v) is 4.50. The van der Waals surface area contributed by atoms with Crippen molar-refractivity contribution in [3.05, 3.63) is 0 Å². The van der Waals surface area contributed by atoms with Crippen LogP contribution in [0, 0.1) is 5.92 Å². The van der Waals surface area contributed by atoms with E-state index in [0.29, 0.717) is 5.54 Å². The normalized spacial score (nSPS) is 39.4. The summed E-state index contributed by atoms with van der Waals surface area (Å²) in [4.78, 5) is 2.67. The molecule has 82 valence electrons. The van der Waals surface area contributed by atoms with Gasteiger partial charge in [-0.1, -0.05) is 26.2 Å². The highest BCUT2D eigenvalue weighted by Gasteiger charge is 2.44. The van der Waals surface area contributed by atoms with Crippen LogP contribution in [0.3, 0.4) is 0 Å². The average Bonchev–Trinajstić information content (AvgIpc) is 2.15. The van der Waals surface area contributed by atoms with Crippen LogP contribution in [0.2, 0.25) is 0 Å². The minimum atomic E-state index is 0.394. The second-order valence-corrected chi connectivity index (χ2v) is 5.00. The SMILES string of the molecule is CCC1CCCCC1(CN)N1CCC1. The van der Waals surface area contributed by atoms with E-state index in [1.165, 1.54) is 51.6 Å². The summed E-state index contributed by atoms with van der Waals surface area (Å²) in [7, 11) is 0. The van der Waals surface area contributed by atoms with Crippen LogP contribution in [0.15, 0.2) is 0 Å². The maximum Gasteiger partial charge on any atom is 0.0359 e. The minimum absolute atomic E-state index is 0.394. The number of rotatable bonds is 3. The lowest BCUT2D eigenvalue weighted by Gasteiger charge is -2.54. The van der Waals surface area contributed by atoms with Gasteiger partial charge in [0.25, 0.3) is 0 Å². The lowest BCUT2D eigenvalue weighted by Crippen LogP contribution is -2.63. The minimum Gasteiger partial charge on any atom is -0.329 e. The molecule has 2 aliphatic rings. The third kappa shape index (κ3) is 1.49. The van der Waals surface area contributed by atoms with E-state index in [1.54, 1.807) is 0 Å². The van der Waals surface area contributed by atoms with E-state index in [2.05, 4.69) is 11.8 Å². The highest BCUT2D eigenvalue weighted by molar-refractivity contribution is 5.01. The molecule has 14 heavy (non-hydrogen) atoms. The van der Waals surface area contributed by atoms with Crippen molar-refractivity contribution in [2.24, 2.45) is 11.7 Å². The second kappa shape index (κ2) is 4.19. The number of nitrogens with zero attached hydrogens (tertiary/aromatic N) is 1. The van der Waals surface area contributed by atoms with Crippen LogP contribution in [-0.2, 0) is 0 Å². The molecule has 0 aromatic carbocycles. The maximum atomic E-state index is 6.07. The monoisotopic (exact) mass is 196 g/mol. The number of hydrogen-bond donors (Lipinski definition) is 1. The van der Waals surface area contributed by atoms with Crippen LogP contribution in [-0.4, -0.2) is 30.1 Å². The molecule has 1 saturated heterocycles. The molecule has 2 rings (SSSR count). The first-order valence-corrected chi connectivity index (χ1v) is 6.28. The van der Waals surface area contributed by atoms with E-state index in [4.69, 9.17) is 5.73 Å². The zero-order valence-corrected chi connectivity index (χ0v) is 9.47. The number of nitrogens with two attached hydrogens (primary N) is 1. The summed E-state index contributed by atoms with van der Waals surface area (Å²) < 4.78 is 0. The average molecular weight is 196 g/mol. The van der Waals surface area contributed by atoms with E-state index in [9.17, 15) is 0 Å². The highest BCUT2D eigenvalue weighted by atomic mass is 15.3. The van der Waals surface area contributed by atoms with Crippen LogP contribution in [0.1, 0.15) is 45.4 Å². The quantitative estimate of drug-likeness (QED) is 0.748. The second-order valence-electron chi connectivity index (χ2n) is 5.00. The Bertz CT molecular complexity index is 189. The maximum absolute atomic E-state index is 6.07. The number of likely N-dealkylation sites (tertiary alicyclic amines) is 1. The molecule has 2 N–H and O–H groups in total. The topological polar surface area (TPSA) is 29.3 Å². The standard InChI is InChI=1S/C12H24N2/c1-2-11-6-3-4-7-12(11,10-13)14-8-5-9-14/h11H,2-10,13H2,1H3. The summed E-state index contributed by atoms with van der Waals surface area (Å²) in [6, 6.07) is 0. The first-order valence-electron chi connectivity index (χ1n) is 6.28. The fraction of sp³-hybridized carbons (Fsp3) is 1.00. The summed E-state index contributed by atoms with van der Waals surface area (Å²) in [5, 5.41) is 0. The van der Waals surface area contributed by atoms with E-state index in [0.717, 1.165) is 12.5 Å². The van der Waals surface area contributed by atoms with Gasteiger partial charge < -0.3 is 5.73 Å². The summed E-state index contributed by atoms with van der Waals surface area (Å²) in [6.07, 6.45) is 8.27.